The third-order valence-electron chi connectivity index (χ3n) is 2.97. The molecule has 1 N–H and O–H groups in total. The molecular weight excluding hydrogens is 267 g/mol. The predicted molar refractivity (Wildman–Crippen MR) is 58.4 cm³/mol. The molecule has 1 saturated heterocycles. The summed E-state index contributed by atoms with van der Waals surface area (Å²) in [5.74, 6) is -3.06. The zero-order valence-corrected chi connectivity index (χ0v) is 10.4. The Morgan fingerprint density at radius 1 is 1.42 bits per heavy atom. The topological polar surface area (TPSA) is 66.8 Å². The molecule has 19 heavy (non-hydrogen) atoms. The summed E-state index contributed by atoms with van der Waals surface area (Å²) in [5, 5.41) is 8.61. The van der Waals surface area contributed by atoms with Crippen molar-refractivity contribution in [2.45, 2.75) is 19.5 Å². The van der Waals surface area contributed by atoms with Crippen molar-refractivity contribution in [2.24, 2.45) is 11.8 Å². The van der Waals surface area contributed by atoms with Crippen LogP contribution < -0.4 is 0 Å². The van der Waals surface area contributed by atoms with Gasteiger partial charge in [0.1, 0.15) is 13.1 Å². The van der Waals surface area contributed by atoms with E-state index in [2.05, 4.69) is 0 Å². The second-order valence-electron chi connectivity index (χ2n) is 4.65. The Morgan fingerprint density at radius 3 is 2.53 bits per heavy atom. The summed E-state index contributed by atoms with van der Waals surface area (Å²) in [7, 11) is 0. The van der Waals surface area contributed by atoms with Crippen LogP contribution in [-0.4, -0.2) is 54.4 Å². The zero-order valence-electron chi connectivity index (χ0n) is 10.4. The van der Waals surface area contributed by atoms with E-state index < -0.39 is 37.1 Å². The molecule has 2 atom stereocenters. The molecule has 0 aliphatic carbocycles. The van der Waals surface area contributed by atoms with E-state index in [1.54, 1.807) is 6.92 Å². The van der Waals surface area contributed by atoms with Crippen molar-refractivity contribution in [2.75, 3.05) is 26.3 Å². The maximum absolute atomic E-state index is 12.4. The molecule has 1 heterocycles. The first-order valence-corrected chi connectivity index (χ1v) is 5.86. The van der Waals surface area contributed by atoms with Crippen molar-refractivity contribution >= 4 is 11.9 Å². The highest BCUT2D eigenvalue weighted by Crippen LogP contribution is 2.25. The van der Waals surface area contributed by atoms with Gasteiger partial charge in [-0.2, -0.15) is 13.2 Å². The molecule has 5 nitrogen and oxygen atoms in total. The van der Waals surface area contributed by atoms with Gasteiger partial charge in [-0.1, -0.05) is 6.92 Å². The molecular formula is C11H16F3NO4. The van der Waals surface area contributed by atoms with Crippen molar-refractivity contribution in [1.29, 1.82) is 0 Å². The minimum atomic E-state index is -4.61. The van der Waals surface area contributed by atoms with E-state index in [0.29, 0.717) is 24.5 Å². The molecule has 110 valence electrons. The summed E-state index contributed by atoms with van der Waals surface area (Å²) in [6.45, 7) is -0.185. The van der Waals surface area contributed by atoms with Gasteiger partial charge < -0.3 is 14.7 Å². The molecule has 0 saturated carbocycles. The average Bonchev–Trinajstić information content (AvgIpc) is 2.25. The monoisotopic (exact) mass is 283 g/mol. The van der Waals surface area contributed by atoms with Gasteiger partial charge in [0.2, 0.25) is 5.91 Å². The summed E-state index contributed by atoms with van der Waals surface area (Å²) in [5.41, 5.74) is 0. The fraction of sp³-hybridized carbons (Fsp3) is 0.818. The summed E-state index contributed by atoms with van der Waals surface area (Å²) in [6, 6.07) is 0. The maximum Gasteiger partial charge on any atom is 0.406 e. The number of hydrogen-bond donors (Lipinski definition) is 1. The molecule has 1 rings (SSSR count). The summed E-state index contributed by atoms with van der Waals surface area (Å²) < 4.78 is 42.2. The van der Waals surface area contributed by atoms with Gasteiger partial charge >= 0.3 is 12.1 Å². The third-order valence-corrected chi connectivity index (χ3v) is 2.97. The van der Waals surface area contributed by atoms with E-state index in [-0.39, 0.29) is 5.92 Å². The largest absolute Gasteiger partial charge is 0.480 e. The molecule has 0 aromatic carbocycles. The number of nitrogens with zero attached hydrogens (tertiary/aromatic N) is 1. The Bertz CT molecular complexity index is 345. The van der Waals surface area contributed by atoms with Gasteiger partial charge in [-0.05, 0) is 12.3 Å². The van der Waals surface area contributed by atoms with Crippen LogP contribution in [0.4, 0.5) is 13.2 Å². The number of ether oxygens (including phenoxy) is 1. The molecule has 1 fully saturated rings. The van der Waals surface area contributed by atoms with Gasteiger partial charge in [0.05, 0.1) is 0 Å². The van der Waals surface area contributed by atoms with E-state index in [4.69, 9.17) is 9.84 Å². The molecule has 1 amide bonds. The van der Waals surface area contributed by atoms with E-state index in [0.717, 1.165) is 0 Å². The van der Waals surface area contributed by atoms with Crippen LogP contribution in [0.2, 0.25) is 0 Å². The number of hydrogen-bond acceptors (Lipinski definition) is 3. The van der Waals surface area contributed by atoms with Crippen molar-refractivity contribution < 1.29 is 32.6 Å². The van der Waals surface area contributed by atoms with Crippen LogP contribution in [0.1, 0.15) is 13.3 Å². The SMILES string of the molecule is CC1COCCC1C(=O)N(CC(=O)O)CC(F)(F)F. The smallest absolute Gasteiger partial charge is 0.406 e. The Hall–Kier alpha value is -1.31. The van der Waals surface area contributed by atoms with Crippen LogP contribution in [-0.2, 0) is 14.3 Å². The van der Waals surface area contributed by atoms with Crippen LogP contribution in [0, 0.1) is 11.8 Å². The molecule has 0 aromatic rings. The number of carboxylic acid groups (broad SMARTS) is 1. The van der Waals surface area contributed by atoms with Crippen LogP contribution in [0.5, 0.6) is 0 Å². The minimum Gasteiger partial charge on any atom is -0.480 e. The van der Waals surface area contributed by atoms with Gasteiger partial charge in [-0.25, -0.2) is 0 Å². The number of amides is 1. The standard InChI is InChI=1S/C11H16F3NO4/c1-7-5-19-3-2-8(7)10(18)15(4-9(16)17)6-11(12,13)14/h7-8H,2-6H2,1H3,(H,16,17). The Morgan fingerprint density at radius 2 is 2.05 bits per heavy atom. The lowest BCUT2D eigenvalue weighted by molar-refractivity contribution is -0.170. The second kappa shape index (κ2) is 6.23. The number of halogens is 3. The van der Waals surface area contributed by atoms with Gasteiger partial charge in [0, 0.05) is 19.1 Å². The van der Waals surface area contributed by atoms with Crippen LogP contribution in [0.3, 0.4) is 0 Å². The van der Waals surface area contributed by atoms with Gasteiger partial charge in [0.25, 0.3) is 0 Å². The van der Waals surface area contributed by atoms with Crippen LogP contribution in [0.25, 0.3) is 0 Å². The third kappa shape index (κ3) is 5.06. The number of rotatable bonds is 4. The quantitative estimate of drug-likeness (QED) is 0.840. The van der Waals surface area contributed by atoms with Crippen molar-refractivity contribution in [3.05, 3.63) is 0 Å². The van der Waals surface area contributed by atoms with Gasteiger partial charge in [0.15, 0.2) is 0 Å². The summed E-state index contributed by atoms with van der Waals surface area (Å²) >= 11 is 0. The first-order valence-electron chi connectivity index (χ1n) is 5.86. The number of aliphatic carboxylic acids is 1. The second-order valence-corrected chi connectivity index (χ2v) is 4.65. The molecule has 0 radical (unpaired) electrons. The van der Waals surface area contributed by atoms with Crippen molar-refractivity contribution in [1.82, 2.24) is 4.90 Å². The lowest BCUT2D eigenvalue weighted by Gasteiger charge is -2.32. The molecule has 1 aliphatic heterocycles. The predicted octanol–water partition coefficient (Wildman–Crippen LogP) is 1.13. The Kier molecular flexibility index (Phi) is 5.16. The lowest BCUT2D eigenvalue weighted by atomic mass is 9.88. The lowest BCUT2D eigenvalue weighted by Crippen LogP contribution is -2.47. The van der Waals surface area contributed by atoms with E-state index in [1.165, 1.54) is 0 Å². The van der Waals surface area contributed by atoms with Gasteiger partial charge in [-0.3, -0.25) is 9.59 Å². The Labute approximate surface area is 108 Å². The first kappa shape index (κ1) is 15.7. The molecule has 0 aromatic heterocycles. The first-order chi connectivity index (χ1) is 8.70. The molecule has 0 bridgehead atoms. The highest BCUT2D eigenvalue weighted by atomic mass is 19.4. The Balaban J connectivity index is 2.77. The van der Waals surface area contributed by atoms with Crippen LogP contribution in [0.15, 0.2) is 0 Å². The highest BCUT2D eigenvalue weighted by Gasteiger charge is 2.38. The minimum absolute atomic E-state index is 0.217. The summed E-state index contributed by atoms with van der Waals surface area (Å²) in [4.78, 5) is 23.0. The van der Waals surface area contributed by atoms with Gasteiger partial charge in [-0.15, -0.1) is 0 Å². The summed E-state index contributed by atoms with van der Waals surface area (Å²) in [6.07, 6.45) is -4.30. The average molecular weight is 283 g/mol. The zero-order chi connectivity index (χ0) is 14.6. The molecule has 2 unspecified atom stereocenters. The maximum atomic E-state index is 12.4. The van der Waals surface area contributed by atoms with E-state index in [1.807, 2.05) is 0 Å². The fourth-order valence-corrected chi connectivity index (χ4v) is 2.07. The van der Waals surface area contributed by atoms with Crippen LogP contribution >= 0.6 is 0 Å². The highest BCUT2D eigenvalue weighted by molar-refractivity contribution is 5.83. The molecule has 1 aliphatic rings. The number of carboxylic acids is 1. The van der Waals surface area contributed by atoms with Crippen molar-refractivity contribution in [3.63, 3.8) is 0 Å². The number of carbonyl (C=O) groups is 2. The normalized spacial score (nSPS) is 24.0. The molecule has 8 heteroatoms. The number of carbonyl (C=O) groups excluding carboxylic acids is 1. The number of alkyl halides is 3. The van der Waals surface area contributed by atoms with Crippen molar-refractivity contribution in [3.8, 4) is 0 Å². The fourth-order valence-electron chi connectivity index (χ4n) is 2.07. The molecule has 0 spiro atoms. The van der Waals surface area contributed by atoms with E-state index in [9.17, 15) is 22.8 Å². The van der Waals surface area contributed by atoms with E-state index >= 15 is 0 Å².